The van der Waals surface area contributed by atoms with E-state index in [0.717, 1.165) is 24.4 Å². The van der Waals surface area contributed by atoms with Gasteiger partial charge in [0.05, 0.1) is 0 Å². The van der Waals surface area contributed by atoms with Crippen LogP contribution < -0.4 is 5.32 Å². The fraction of sp³-hybridized carbons (Fsp3) is 0. The Morgan fingerprint density at radius 2 is 1.78 bits per heavy atom. The fourth-order valence-corrected chi connectivity index (χ4v) is 1.35. The van der Waals surface area contributed by atoms with E-state index in [0.29, 0.717) is 0 Å². The molecule has 0 aliphatic carbocycles. The number of pyridine rings is 1. The zero-order valence-electron chi connectivity index (χ0n) is 8.95. The predicted molar refractivity (Wildman–Crippen MR) is 58.5 cm³/mol. The Morgan fingerprint density at radius 1 is 1.11 bits per heavy atom. The number of hydrogen-bond donors (Lipinski definition) is 1. The summed E-state index contributed by atoms with van der Waals surface area (Å²) in [6.45, 7) is 0. The molecule has 2 rings (SSSR count). The molecule has 0 radical (unpaired) electrons. The van der Waals surface area contributed by atoms with Crippen LogP contribution in [0.3, 0.4) is 0 Å². The van der Waals surface area contributed by atoms with Gasteiger partial charge in [-0.25, -0.2) is 13.8 Å². The summed E-state index contributed by atoms with van der Waals surface area (Å²) in [5.41, 5.74) is -0.648. The highest BCUT2D eigenvalue weighted by molar-refractivity contribution is 6.04. The van der Waals surface area contributed by atoms with E-state index in [4.69, 9.17) is 0 Å². The number of anilines is 1. The molecule has 0 atom stereocenters. The average Bonchev–Trinajstić information content (AvgIpc) is 2.34. The van der Waals surface area contributed by atoms with Gasteiger partial charge in [0.15, 0.2) is 0 Å². The highest BCUT2D eigenvalue weighted by Gasteiger charge is 2.13. The fourth-order valence-electron chi connectivity index (χ4n) is 1.35. The second-order valence-corrected chi connectivity index (χ2v) is 3.42. The summed E-state index contributed by atoms with van der Waals surface area (Å²) in [5, 5.41) is 2.04. The predicted octanol–water partition coefficient (Wildman–Crippen LogP) is 2.75. The van der Waals surface area contributed by atoms with Crippen molar-refractivity contribution in [1.82, 2.24) is 4.98 Å². The number of carbonyl (C=O) groups excluding carboxylic acids is 1. The molecule has 6 heteroatoms. The maximum atomic E-state index is 13.3. The molecule has 0 bridgehead atoms. The molecule has 2 aromatic rings. The van der Waals surface area contributed by atoms with Gasteiger partial charge in [-0.2, -0.15) is 4.39 Å². The van der Waals surface area contributed by atoms with Crippen molar-refractivity contribution in [3.8, 4) is 0 Å². The SMILES string of the molecule is O=C(Nc1c(F)cccc1F)c1ccnc(F)c1. The minimum absolute atomic E-state index is 0.0786. The maximum Gasteiger partial charge on any atom is 0.256 e. The third-order valence-electron chi connectivity index (χ3n) is 2.19. The lowest BCUT2D eigenvalue weighted by Gasteiger charge is -2.07. The lowest BCUT2D eigenvalue weighted by atomic mass is 10.2. The van der Waals surface area contributed by atoms with Crippen LogP contribution in [0.2, 0.25) is 0 Å². The molecule has 0 saturated heterocycles. The second-order valence-electron chi connectivity index (χ2n) is 3.42. The lowest BCUT2D eigenvalue weighted by molar-refractivity contribution is 0.102. The van der Waals surface area contributed by atoms with Gasteiger partial charge in [0.1, 0.15) is 17.3 Å². The van der Waals surface area contributed by atoms with Gasteiger partial charge in [0.25, 0.3) is 5.91 Å². The number of para-hydroxylation sites is 1. The average molecular weight is 252 g/mol. The van der Waals surface area contributed by atoms with E-state index in [-0.39, 0.29) is 5.56 Å². The molecule has 0 fully saturated rings. The van der Waals surface area contributed by atoms with Crippen LogP contribution in [0, 0.1) is 17.6 Å². The van der Waals surface area contributed by atoms with Gasteiger partial charge >= 0.3 is 0 Å². The van der Waals surface area contributed by atoms with E-state index in [2.05, 4.69) is 4.98 Å². The van der Waals surface area contributed by atoms with Gasteiger partial charge in [0.2, 0.25) is 5.95 Å². The minimum atomic E-state index is -0.905. The largest absolute Gasteiger partial charge is 0.317 e. The Bertz CT molecular complexity index is 581. The summed E-state index contributed by atoms with van der Waals surface area (Å²) < 4.78 is 39.3. The van der Waals surface area contributed by atoms with Crippen LogP contribution in [0.4, 0.5) is 18.9 Å². The molecule has 1 aromatic heterocycles. The normalized spacial score (nSPS) is 10.2. The molecular formula is C12H7F3N2O. The highest BCUT2D eigenvalue weighted by atomic mass is 19.1. The number of carbonyl (C=O) groups is 1. The molecule has 92 valence electrons. The van der Waals surface area contributed by atoms with Crippen molar-refractivity contribution in [3.63, 3.8) is 0 Å². The van der Waals surface area contributed by atoms with Crippen LogP contribution >= 0.6 is 0 Å². The van der Waals surface area contributed by atoms with Gasteiger partial charge in [-0.15, -0.1) is 0 Å². The summed E-state index contributed by atoms with van der Waals surface area (Å²) in [6.07, 6.45) is 1.09. The third kappa shape index (κ3) is 2.48. The van der Waals surface area contributed by atoms with Crippen molar-refractivity contribution in [2.24, 2.45) is 0 Å². The van der Waals surface area contributed by atoms with Crippen molar-refractivity contribution in [1.29, 1.82) is 0 Å². The van der Waals surface area contributed by atoms with E-state index in [1.165, 1.54) is 12.1 Å². The zero-order valence-corrected chi connectivity index (χ0v) is 8.95. The standard InChI is InChI=1S/C12H7F3N2O/c13-8-2-1-3-9(14)11(8)17-12(18)7-4-5-16-10(15)6-7/h1-6H,(H,17,18). The Labute approximate surface area is 100 Å². The molecule has 18 heavy (non-hydrogen) atoms. The molecule has 0 spiro atoms. The molecule has 1 amide bonds. The molecular weight excluding hydrogens is 245 g/mol. The zero-order chi connectivity index (χ0) is 13.1. The van der Waals surface area contributed by atoms with Gasteiger partial charge < -0.3 is 5.32 Å². The van der Waals surface area contributed by atoms with E-state index in [1.807, 2.05) is 5.32 Å². The summed E-state index contributed by atoms with van der Waals surface area (Å²) in [6, 6.07) is 5.29. The third-order valence-corrected chi connectivity index (χ3v) is 2.19. The summed E-state index contributed by atoms with van der Waals surface area (Å²) >= 11 is 0. The smallest absolute Gasteiger partial charge is 0.256 e. The highest BCUT2D eigenvalue weighted by Crippen LogP contribution is 2.18. The maximum absolute atomic E-state index is 13.3. The van der Waals surface area contributed by atoms with Gasteiger partial charge in [-0.1, -0.05) is 6.07 Å². The summed E-state index contributed by atoms with van der Waals surface area (Å²) in [4.78, 5) is 14.9. The number of amides is 1. The van der Waals surface area contributed by atoms with Crippen LogP contribution in [0.15, 0.2) is 36.5 Å². The number of aromatic nitrogens is 1. The number of benzene rings is 1. The van der Waals surface area contributed by atoms with E-state index < -0.39 is 29.2 Å². The van der Waals surface area contributed by atoms with Crippen molar-refractivity contribution < 1.29 is 18.0 Å². The molecule has 0 aliphatic heterocycles. The first-order valence-electron chi connectivity index (χ1n) is 4.95. The first kappa shape index (κ1) is 12.1. The Morgan fingerprint density at radius 3 is 2.39 bits per heavy atom. The van der Waals surface area contributed by atoms with Gasteiger partial charge in [-0.3, -0.25) is 4.79 Å². The molecule has 3 nitrogen and oxygen atoms in total. The summed E-state index contributed by atoms with van der Waals surface area (Å²) in [7, 11) is 0. The Kier molecular flexibility index (Phi) is 3.27. The summed E-state index contributed by atoms with van der Waals surface area (Å²) in [5.74, 6) is -3.48. The number of nitrogens with zero attached hydrogens (tertiary/aromatic N) is 1. The van der Waals surface area contributed by atoms with Gasteiger partial charge in [-0.05, 0) is 18.2 Å². The van der Waals surface area contributed by atoms with Crippen molar-refractivity contribution >= 4 is 11.6 Å². The molecule has 0 unspecified atom stereocenters. The van der Waals surface area contributed by atoms with Crippen molar-refractivity contribution in [2.45, 2.75) is 0 Å². The minimum Gasteiger partial charge on any atom is -0.317 e. The number of hydrogen-bond acceptors (Lipinski definition) is 2. The molecule has 0 aliphatic rings. The number of rotatable bonds is 2. The number of halogens is 3. The first-order chi connectivity index (χ1) is 8.58. The van der Waals surface area contributed by atoms with Crippen LogP contribution in [-0.2, 0) is 0 Å². The molecule has 1 heterocycles. The van der Waals surface area contributed by atoms with Gasteiger partial charge in [0, 0.05) is 17.8 Å². The molecule has 0 saturated carbocycles. The first-order valence-corrected chi connectivity index (χ1v) is 4.95. The van der Waals surface area contributed by atoms with E-state index >= 15 is 0 Å². The van der Waals surface area contributed by atoms with Crippen LogP contribution in [-0.4, -0.2) is 10.9 Å². The van der Waals surface area contributed by atoms with Crippen molar-refractivity contribution in [2.75, 3.05) is 5.32 Å². The Balaban J connectivity index is 2.27. The van der Waals surface area contributed by atoms with Crippen molar-refractivity contribution in [3.05, 3.63) is 59.7 Å². The number of nitrogens with one attached hydrogen (secondary N) is 1. The van der Waals surface area contributed by atoms with Crippen LogP contribution in [0.1, 0.15) is 10.4 Å². The lowest BCUT2D eigenvalue weighted by Crippen LogP contribution is -2.14. The van der Waals surface area contributed by atoms with Crippen LogP contribution in [0.25, 0.3) is 0 Å². The second kappa shape index (κ2) is 4.87. The topological polar surface area (TPSA) is 42.0 Å². The quantitative estimate of drug-likeness (QED) is 0.835. The Hall–Kier alpha value is -2.37. The van der Waals surface area contributed by atoms with E-state index in [1.54, 1.807) is 0 Å². The molecule has 1 aromatic carbocycles. The monoisotopic (exact) mass is 252 g/mol. The van der Waals surface area contributed by atoms with Crippen LogP contribution in [0.5, 0.6) is 0 Å². The van der Waals surface area contributed by atoms with E-state index in [9.17, 15) is 18.0 Å². The molecule has 1 N–H and O–H groups in total.